The summed E-state index contributed by atoms with van der Waals surface area (Å²) in [5, 5.41) is 0.482. The number of carbonyl (C=O) groups excluding carboxylic acids is 1. The number of sulfone groups is 1. The third kappa shape index (κ3) is 3.88. The first-order valence-electron chi connectivity index (χ1n) is 8.28. The molecular formula is C19H20ClNO3S. The quantitative estimate of drug-likeness (QED) is 0.810. The van der Waals surface area contributed by atoms with Crippen LogP contribution in [0.4, 0.5) is 0 Å². The first-order valence-corrected chi connectivity index (χ1v) is 10.1. The third-order valence-corrected chi connectivity index (χ3v) is 6.64. The van der Waals surface area contributed by atoms with E-state index in [0.717, 1.165) is 25.9 Å². The molecule has 132 valence electrons. The Balaban J connectivity index is 1.80. The number of nitrogens with zero attached hydrogens (tertiary/aromatic N) is 1. The fourth-order valence-corrected chi connectivity index (χ4v) is 4.31. The van der Waals surface area contributed by atoms with Gasteiger partial charge in [-0.15, -0.1) is 0 Å². The molecule has 0 bridgehead atoms. The summed E-state index contributed by atoms with van der Waals surface area (Å²) in [4.78, 5) is 14.7. The minimum absolute atomic E-state index is 0.0395. The van der Waals surface area contributed by atoms with Gasteiger partial charge in [0, 0.05) is 23.7 Å². The second-order valence-electron chi connectivity index (χ2n) is 6.46. The van der Waals surface area contributed by atoms with Crippen LogP contribution >= 0.6 is 11.6 Å². The van der Waals surface area contributed by atoms with E-state index in [-0.39, 0.29) is 15.7 Å². The van der Waals surface area contributed by atoms with Crippen LogP contribution in [0.2, 0.25) is 5.02 Å². The Bertz CT molecular complexity index is 853. The van der Waals surface area contributed by atoms with Crippen LogP contribution in [0.15, 0.2) is 58.3 Å². The van der Waals surface area contributed by atoms with Crippen LogP contribution in [-0.2, 0) is 9.84 Å². The summed E-state index contributed by atoms with van der Waals surface area (Å²) in [5.74, 6) is 0.610. The maximum absolute atomic E-state index is 12.6. The van der Waals surface area contributed by atoms with Gasteiger partial charge in [-0.3, -0.25) is 4.79 Å². The second-order valence-corrected chi connectivity index (χ2v) is 8.84. The molecule has 0 aromatic heterocycles. The van der Waals surface area contributed by atoms with Gasteiger partial charge in [0.2, 0.25) is 9.84 Å². The van der Waals surface area contributed by atoms with Crippen molar-refractivity contribution >= 4 is 27.3 Å². The lowest BCUT2D eigenvalue weighted by Gasteiger charge is -2.30. The molecule has 4 nitrogen and oxygen atoms in total. The molecule has 6 heteroatoms. The van der Waals surface area contributed by atoms with Crippen LogP contribution in [0.5, 0.6) is 0 Å². The van der Waals surface area contributed by atoms with E-state index in [0.29, 0.717) is 16.5 Å². The molecule has 1 fully saturated rings. The van der Waals surface area contributed by atoms with Gasteiger partial charge in [-0.05, 0) is 67.3 Å². The van der Waals surface area contributed by atoms with Crippen molar-refractivity contribution in [3.05, 3.63) is 59.1 Å². The van der Waals surface area contributed by atoms with E-state index in [9.17, 15) is 13.2 Å². The fourth-order valence-electron chi connectivity index (χ4n) is 2.92. The monoisotopic (exact) mass is 377 g/mol. The molecule has 2 aromatic carbocycles. The van der Waals surface area contributed by atoms with Gasteiger partial charge in [-0.1, -0.05) is 18.5 Å². The lowest BCUT2D eigenvalue weighted by molar-refractivity contribution is 0.0697. The molecule has 1 aliphatic rings. The molecule has 0 spiro atoms. The molecule has 2 aromatic rings. The summed E-state index contributed by atoms with van der Waals surface area (Å²) >= 11 is 5.81. The van der Waals surface area contributed by atoms with Gasteiger partial charge in [-0.2, -0.15) is 0 Å². The molecule has 1 heterocycles. The summed E-state index contributed by atoms with van der Waals surface area (Å²) in [6.45, 7) is 3.70. The van der Waals surface area contributed by atoms with E-state index in [1.54, 1.807) is 24.3 Å². The standard InChI is InChI=1S/C19H20ClNO3S/c1-14-10-12-21(13-11-14)19(22)15-2-6-17(7-3-15)25(23,24)18-8-4-16(20)5-9-18/h2-9,14H,10-13H2,1H3. The predicted octanol–water partition coefficient (Wildman–Crippen LogP) is 4.04. The largest absolute Gasteiger partial charge is 0.339 e. The molecule has 1 amide bonds. The molecule has 0 atom stereocenters. The van der Waals surface area contributed by atoms with Crippen molar-refractivity contribution < 1.29 is 13.2 Å². The van der Waals surface area contributed by atoms with Crippen molar-refractivity contribution in [2.75, 3.05) is 13.1 Å². The van der Waals surface area contributed by atoms with E-state index in [1.807, 2.05) is 4.90 Å². The Morgan fingerprint density at radius 1 is 0.960 bits per heavy atom. The zero-order valence-electron chi connectivity index (χ0n) is 14.0. The van der Waals surface area contributed by atoms with E-state index in [1.165, 1.54) is 24.3 Å². The summed E-state index contributed by atoms with van der Waals surface area (Å²) in [7, 11) is -3.61. The Kier molecular flexibility index (Phi) is 5.16. The molecule has 25 heavy (non-hydrogen) atoms. The smallest absolute Gasteiger partial charge is 0.253 e. The highest BCUT2D eigenvalue weighted by atomic mass is 35.5. The molecule has 1 aliphatic heterocycles. The number of halogens is 1. The summed E-state index contributed by atoms with van der Waals surface area (Å²) < 4.78 is 25.3. The van der Waals surface area contributed by atoms with Crippen LogP contribution in [-0.4, -0.2) is 32.3 Å². The summed E-state index contributed by atoms with van der Waals surface area (Å²) in [6.07, 6.45) is 2.02. The summed E-state index contributed by atoms with van der Waals surface area (Å²) in [5.41, 5.74) is 0.518. The first-order chi connectivity index (χ1) is 11.9. The average molecular weight is 378 g/mol. The van der Waals surface area contributed by atoms with Crippen molar-refractivity contribution in [3.8, 4) is 0 Å². The Hall–Kier alpha value is -1.85. The molecule has 0 unspecified atom stereocenters. The highest BCUT2D eigenvalue weighted by molar-refractivity contribution is 7.91. The number of piperidine rings is 1. The van der Waals surface area contributed by atoms with Crippen molar-refractivity contribution in [2.24, 2.45) is 5.92 Å². The molecule has 0 saturated carbocycles. The Morgan fingerprint density at radius 3 is 1.96 bits per heavy atom. The van der Waals surface area contributed by atoms with Crippen LogP contribution < -0.4 is 0 Å². The predicted molar refractivity (Wildman–Crippen MR) is 97.6 cm³/mol. The normalized spacial score (nSPS) is 16.0. The zero-order chi connectivity index (χ0) is 18.0. The topological polar surface area (TPSA) is 54.5 Å². The molecular weight excluding hydrogens is 358 g/mol. The van der Waals surface area contributed by atoms with Gasteiger partial charge in [0.15, 0.2) is 0 Å². The number of benzene rings is 2. The number of amides is 1. The summed E-state index contributed by atoms with van der Waals surface area (Å²) in [6, 6.07) is 12.2. The lowest BCUT2D eigenvalue weighted by Crippen LogP contribution is -2.37. The molecule has 0 aliphatic carbocycles. The lowest BCUT2D eigenvalue weighted by atomic mass is 9.98. The van der Waals surface area contributed by atoms with Crippen LogP contribution in [0, 0.1) is 5.92 Å². The minimum atomic E-state index is -3.61. The second kappa shape index (κ2) is 7.18. The van der Waals surface area contributed by atoms with Crippen LogP contribution in [0.1, 0.15) is 30.1 Å². The van der Waals surface area contributed by atoms with E-state index >= 15 is 0 Å². The first kappa shape index (κ1) is 18.0. The van der Waals surface area contributed by atoms with E-state index in [4.69, 9.17) is 11.6 Å². The van der Waals surface area contributed by atoms with Gasteiger partial charge in [0.25, 0.3) is 5.91 Å². The Morgan fingerprint density at radius 2 is 1.44 bits per heavy atom. The van der Waals surface area contributed by atoms with Gasteiger partial charge in [0.05, 0.1) is 9.79 Å². The van der Waals surface area contributed by atoms with Crippen molar-refractivity contribution in [1.82, 2.24) is 4.90 Å². The van der Waals surface area contributed by atoms with Crippen molar-refractivity contribution in [2.45, 2.75) is 29.6 Å². The SMILES string of the molecule is CC1CCN(C(=O)c2ccc(S(=O)(=O)c3ccc(Cl)cc3)cc2)CC1. The van der Waals surface area contributed by atoms with E-state index in [2.05, 4.69) is 6.92 Å². The maximum Gasteiger partial charge on any atom is 0.253 e. The number of hydrogen-bond acceptors (Lipinski definition) is 3. The fraction of sp³-hybridized carbons (Fsp3) is 0.316. The zero-order valence-corrected chi connectivity index (χ0v) is 15.6. The van der Waals surface area contributed by atoms with Crippen molar-refractivity contribution in [1.29, 1.82) is 0 Å². The van der Waals surface area contributed by atoms with Crippen LogP contribution in [0.3, 0.4) is 0 Å². The van der Waals surface area contributed by atoms with Crippen LogP contribution in [0.25, 0.3) is 0 Å². The number of rotatable bonds is 3. The van der Waals surface area contributed by atoms with Gasteiger partial charge in [-0.25, -0.2) is 8.42 Å². The molecule has 0 N–H and O–H groups in total. The van der Waals surface area contributed by atoms with Gasteiger partial charge >= 0.3 is 0 Å². The third-order valence-electron chi connectivity index (χ3n) is 4.61. The van der Waals surface area contributed by atoms with E-state index < -0.39 is 9.84 Å². The molecule has 3 rings (SSSR count). The number of likely N-dealkylation sites (tertiary alicyclic amines) is 1. The molecule has 0 radical (unpaired) electrons. The Labute approximate surface area is 153 Å². The maximum atomic E-state index is 12.6. The number of hydrogen-bond donors (Lipinski definition) is 0. The van der Waals surface area contributed by atoms with Crippen molar-refractivity contribution in [3.63, 3.8) is 0 Å². The minimum Gasteiger partial charge on any atom is -0.339 e. The van der Waals surface area contributed by atoms with Gasteiger partial charge in [0.1, 0.15) is 0 Å². The average Bonchev–Trinajstić information content (AvgIpc) is 2.62. The number of carbonyl (C=O) groups is 1. The highest BCUT2D eigenvalue weighted by Gasteiger charge is 2.22. The molecule has 1 saturated heterocycles. The highest BCUT2D eigenvalue weighted by Crippen LogP contribution is 2.24. The van der Waals surface area contributed by atoms with Gasteiger partial charge < -0.3 is 4.90 Å².